The van der Waals surface area contributed by atoms with E-state index in [0.717, 1.165) is 6.07 Å². The summed E-state index contributed by atoms with van der Waals surface area (Å²) >= 11 is 0. The molecule has 0 unspecified atom stereocenters. The van der Waals surface area contributed by atoms with Crippen molar-refractivity contribution in [3.8, 4) is 5.75 Å². The van der Waals surface area contributed by atoms with Crippen molar-refractivity contribution >= 4 is 17.3 Å². The summed E-state index contributed by atoms with van der Waals surface area (Å²) in [4.78, 5) is 20.3. The first-order chi connectivity index (χ1) is 8.95. The number of nitro groups is 1. The molecule has 0 radical (unpaired) electrons. The normalized spacial score (nSPS) is 10.0. The van der Waals surface area contributed by atoms with Crippen LogP contribution in [0.5, 0.6) is 5.75 Å². The number of nitrogens with one attached hydrogen (secondary N) is 1. The fourth-order valence-corrected chi connectivity index (χ4v) is 1.48. The number of carboxylic acids is 1. The van der Waals surface area contributed by atoms with E-state index in [0.29, 0.717) is 0 Å². The van der Waals surface area contributed by atoms with Crippen molar-refractivity contribution in [1.29, 1.82) is 0 Å². The Labute approximate surface area is 108 Å². The number of hydrogen-bond donors (Lipinski definition) is 2. The van der Waals surface area contributed by atoms with E-state index < -0.39 is 22.4 Å². The van der Waals surface area contributed by atoms with Crippen LogP contribution in [0.2, 0.25) is 0 Å². The first-order valence-corrected chi connectivity index (χ1v) is 5.43. The van der Waals surface area contributed by atoms with Crippen molar-refractivity contribution in [2.24, 2.45) is 0 Å². The maximum absolute atomic E-state index is 13.5. The van der Waals surface area contributed by atoms with Gasteiger partial charge < -0.3 is 15.2 Å². The van der Waals surface area contributed by atoms with Crippen molar-refractivity contribution in [2.45, 2.75) is 12.8 Å². The van der Waals surface area contributed by atoms with Crippen LogP contribution in [-0.4, -0.2) is 29.7 Å². The van der Waals surface area contributed by atoms with Gasteiger partial charge in [0.25, 0.3) is 0 Å². The molecule has 0 aromatic heterocycles. The van der Waals surface area contributed by atoms with Crippen LogP contribution >= 0.6 is 0 Å². The van der Waals surface area contributed by atoms with E-state index in [1.54, 1.807) is 0 Å². The smallest absolute Gasteiger partial charge is 0.327 e. The molecule has 0 heterocycles. The zero-order chi connectivity index (χ0) is 14.4. The molecule has 0 aliphatic rings. The Kier molecular flexibility index (Phi) is 5.04. The molecule has 104 valence electrons. The molecular formula is C11H13FN2O5. The van der Waals surface area contributed by atoms with Crippen molar-refractivity contribution < 1.29 is 24.0 Å². The van der Waals surface area contributed by atoms with Gasteiger partial charge in [0, 0.05) is 25.1 Å². The molecule has 1 aromatic carbocycles. The number of rotatable bonds is 7. The number of halogens is 1. The predicted molar refractivity (Wildman–Crippen MR) is 65.0 cm³/mol. The largest absolute Gasteiger partial charge is 0.497 e. The molecule has 0 amide bonds. The molecule has 1 rings (SSSR count). The molecule has 19 heavy (non-hydrogen) atoms. The van der Waals surface area contributed by atoms with Gasteiger partial charge in [0.1, 0.15) is 11.4 Å². The molecule has 0 fully saturated rings. The number of nitrogens with zero attached hydrogens (tertiary/aromatic N) is 1. The summed E-state index contributed by atoms with van der Waals surface area (Å²) in [5.41, 5.74) is -0.719. The Morgan fingerprint density at radius 3 is 2.79 bits per heavy atom. The Morgan fingerprint density at radius 2 is 2.26 bits per heavy atom. The topological polar surface area (TPSA) is 102 Å². The summed E-state index contributed by atoms with van der Waals surface area (Å²) in [5, 5.41) is 21.9. The van der Waals surface area contributed by atoms with Crippen molar-refractivity contribution in [3.63, 3.8) is 0 Å². The molecule has 2 N–H and O–H groups in total. The lowest BCUT2D eigenvalue weighted by molar-refractivity contribution is -0.386. The zero-order valence-corrected chi connectivity index (χ0v) is 10.2. The second kappa shape index (κ2) is 6.53. The van der Waals surface area contributed by atoms with Crippen LogP contribution in [0, 0.1) is 15.9 Å². The predicted octanol–water partition coefficient (Wildman–Crippen LogP) is 2.02. The Morgan fingerprint density at radius 1 is 1.58 bits per heavy atom. The summed E-state index contributed by atoms with van der Waals surface area (Å²) in [7, 11) is 1.31. The van der Waals surface area contributed by atoms with Crippen LogP contribution in [0.25, 0.3) is 0 Å². The second-order valence-corrected chi connectivity index (χ2v) is 3.69. The number of methoxy groups -OCH3 is 1. The Hall–Kier alpha value is -2.38. The fraction of sp³-hybridized carbons (Fsp3) is 0.364. The highest BCUT2D eigenvalue weighted by molar-refractivity contribution is 5.67. The number of carboxylic acid groups (broad SMARTS) is 1. The molecule has 0 aliphatic heterocycles. The molecule has 0 bridgehead atoms. The van der Waals surface area contributed by atoms with Crippen LogP contribution < -0.4 is 10.1 Å². The molecular weight excluding hydrogens is 259 g/mol. The highest BCUT2D eigenvalue weighted by Crippen LogP contribution is 2.32. The lowest BCUT2D eigenvalue weighted by atomic mass is 10.2. The van der Waals surface area contributed by atoms with Crippen LogP contribution in [0.15, 0.2) is 12.1 Å². The van der Waals surface area contributed by atoms with Gasteiger partial charge in [-0.25, -0.2) is 0 Å². The van der Waals surface area contributed by atoms with Crippen LogP contribution in [0.4, 0.5) is 15.8 Å². The third kappa shape index (κ3) is 4.09. The van der Waals surface area contributed by atoms with Gasteiger partial charge in [-0.15, -0.1) is 0 Å². The first kappa shape index (κ1) is 14.7. The SMILES string of the molecule is COc1cc(F)c([N+](=O)[O-])c(NCCCC(=O)O)c1. The van der Waals surface area contributed by atoms with E-state index in [4.69, 9.17) is 9.84 Å². The van der Waals surface area contributed by atoms with Gasteiger partial charge in [0.05, 0.1) is 12.0 Å². The van der Waals surface area contributed by atoms with Crippen molar-refractivity contribution in [1.82, 2.24) is 0 Å². The molecule has 0 aliphatic carbocycles. The maximum Gasteiger partial charge on any atom is 0.327 e. The van der Waals surface area contributed by atoms with E-state index >= 15 is 0 Å². The van der Waals surface area contributed by atoms with Gasteiger partial charge >= 0.3 is 11.7 Å². The molecule has 0 saturated carbocycles. The van der Waals surface area contributed by atoms with E-state index in [2.05, 4.69) is 5.32 Å². The summed E-state index contributed by atoms with van der Waals surface area (Å²) in [5.74, 6) is -1.83. The molecule has 8 heteroatoms. The van der Waals surface area contributed by atoms with Gasteiger partial charge in [-0.3, -0.25) is 14.9 Å². The number of ether oxygens (including phenoxy) is 1. The number of benzene rings is 1. The summed E-state index contributed by atoms with van der Waals surface area (Å²) in [6.45, 7) is 0.180. The molecule has 0 saturated heterocycles. The van der Waals surface area contributed by atoms with Crippen LogP contribution in [0.3, 0.4) is 0 Å². The minimum Gasteiger partial charge on any atom is -0.497 e. The second-order valence-electron chi connectivity index (χ2n) is 3.69. The van der Waals surface area contributed by atoms with Gasteiger partial charge in [-0.1, -0.05) is 0 Å². The number of nitro benzene ring substituents is 1. The maximum atomic E-state index is 13.5. The number of aliphatic carboxylic acids is 1. The number of hydrogen-bond acceptors (Lipinski definition) is 5. The summed E-state index contributed by atoms with van der Waals surface area (Å²) in [6, 6.07) is 2.21. The highest BCUT2D eigenvalue weighted by atomic mass is 19.1. The van der Waals surface area contributed by atoms with Crippen LogP contribution in [-0.2, 0) is 4.79 Å². The van der Waals surface area contributed by atoms with E-state index in [-0.39, 0.29) is 30.8 Å². The van der Waals surface area contributed by atoms with Gasteiger partial charge in [-0.05, 0) is 6.42 Å². The average Bonchev–Trinajstić information content (AvgIpc) is 2.33. The fourth-order valence-electron chi connectivity index (χ4n) is 1.48. The van der Waals surface area contributed by atoms with Crippen LogP contribution in [0.1, 0.15) is 12.8 Å². The van der Waals surface area contributed by atoms with Gasteiger partial charge in [-0.2, -0.15) is 4.39 Å². The lowest BCUT2D eigenvalue weighted by Crippen LogP contribution is -2.08. The van der Waals surface area contributed by atoms with Gasteiger partial charge in [0.15, 0.2) is 0 Å². The quantitative estimate of drug-likeness (QED) is 0.447. The Balaban J connectivity index is 2.87. The van der Waals surface area contributed by atoms with Crippen molar-refractivity contribution in [3.05, 3.63) is 28.1 Å². The minimum absolute atomic E-state index is 0.0350. The monoisotopic (exact) mass is 272 g/mol. The van der Waals surface area contributed by atoms with E-state index in [1.807, 2.05) is 0 Å². The third-order valence-corrected chi connectivity index (χ3v) is 2.34. The van der Waals surface area contributed by atoms with Gasteiger partial charge in [0.2, 0.25) is 5.82 Å². The molecule has 7 nitrogen and oxygen atoms in total. The third-order valence-electron chi connectivity index (χ3n) is 2.34. The highest BCUT2D eigenvalue weighted by Gasteiger charge is 2.21. The molecule has 0 atom stereocenters. The Bertz CT molecular complexity index is 492. The molecule has 0 spiro atoms. The average molecular weight is 272 g/mol. The van der Waals surface area contributed by atoms with Crippen molar-refractivity contribution in [2.75, 3.05) is 19.0 Å². The standard InChI is InChI=1S/C11H13FN2O5/c1-19-7-5-8(12)11(14(17)18)9(6-7)13-4-2-3-10(15)16/h5-6,13H,2-4H2,1H3,(H,15,16). The summed E-state index contributed by atoms with van der Waals surface area (Å²) in [6.07, 6.45) is 0.193. The lowest BCUT2D eigenvalue weighted by Gasteiger charge is -2.09. The van der Waals surface area contributed by atoms with E-state index in [9.17, 15) is 19.3 Å². The number of carbonyl (C=O) groups is 1. The zero-order valence-electron chi connectivity index (χ0n) is 10.2. The number of anilines is 1. The van der Waals surface area contributed by atoms with E-state index in [1.165, 1.54) is 13.2 Å². The summed E-state index contributed by atoms with van der Waals surface area (Å²) < 4.78 is 18.3. The minimum atomic E-state index is -1.01. The molecule has 1 aromatic rings. The first-order valence-electron chi connectivity index (χ1n) is 5.43.